The minimum Gasteiger partial charge on any atom is -0.512 e. The first-order valence-electron chi connectivity index (χ1n) is 13.9. The summed E-state index contributed by atoms with van der Waals surface area (Å²) in [4.78, 5) is 12.8. The second-order valence-corrected chi connectivity index (χ2v) is 11.0. The van der Waals surface area contributed by atoms with Crippen LogP contribution < -0.4 is 16.0 Å². The number of aromatic hydroxyl groups is 1. The number of para-hydroxylation sites is 1. The molecule has 3 atom stereocenters. The van der Waals surface area contributed by atoms with Gasteiger partial charge in [-0.15, -0.1) is 0 Å². The van der Waals surface area contributed by atoms with Crippen molar-refractivity contribution in [3.05, 3.63) is 119 Å². The van der Waals surface area contributed by atoms with Crippen LogP contribution in [0.1, 0.15) is 51.8 Å². The molecule has 3 aromatic carbocycles. The fourth-order valence-electron chi connectivity index (χ4n) is 6.48. The number of hydrogen-bond acceptors (Lipinski definition) is 5. The molecule has 202 valence electrons. The van der Waals surface area contributed by atoms with Crippen LogP contribution in [0.2, 0.25) is 0 Å². The van der Waals surface area contributed by atoms with Crippen LogP contribution in [0.25, 0.3) is 10.9 Å². The summed E-state index contributed by atoms with van der Waals surface area (Å²) in [5.41, 5.74) is 7.46. The normalized spacial score (nSPS) is 21.4. The fourth-order valence-corrected chi connectivity index (χ4v) is 6.48. The van der Waals surface area contributed by atoms with Gasteiger partial charge in [0.2, 0.25) is 0 Å². The molecule has 0 radical (unpaired) electrons. The van der Waals surface area contributed by atoms with Gasteiger partial charge < -0.3 is 30.7 Å². The lowest BCUT2D eigenvalue weighted by atomic mass is 9.84. The number of phenolic OH excluding ortho intramolecular Hbond substituents is 1. The first kappa shape index (κ1) is 24.5. The van der Waals surface area contributed by atoms with E-state index in [2.05, 4.69) is 63.1 Å². The van der Waals surface area contributed by atoms with Crippen LogP contribution >= 0.6 is 0 Å². The van der Waals surface area contributed by atoms with E-state index < -0.39 is 0 Å². The molecule has 0 saturated heterocycles. The van der Waals surface area contributed by atoms with Crippen LogP contribution in [0.15, 0.2) is 96.4 Å². The van der Waals surface area contributed by atoms with Crippen LogP contribution in [-0.2, 0) is 13.1 Å². The van der Waals surface area contributed by atoms with Crippen molar-refractivity contribution >= 4 is 22.5 Å². The number of anilines is 1. The number of carbonyl (C=O) groups excluding carboxylic acids is 1. The van der Waals surface area contributed by atoms with Gasteiger partial charge in [0.25, 0.3) is 5.91 Å². The van der Waals surface area contributed by atoms with Gasteiger partial charge in [0.1, 0.15) is 5.75 Å². The molecule has 0 spiro atoms. The van der Waals surface area contributed by atoms with Gasteiger partial charge in [-0.05, 0) is 71.0 Å². The van der Waals surface area contributed by atoms with E-state index in [0.29, 0.717) is 24.3 Å². The molecule has 5 N–H and O–H groups in total. The molecular weight excluding hydrogens is 500 g/mol. The highest BCUT2D eigenvalue weighted by Gasteiger charge is 2.43. The molecule has 7 heteroatoms. The van der Waals surface area contributed by atoms with Gasteiger partial charge >= 0.3 is 0 Å². The molecule has 2 aliphatic heterocycles. The molecule has 4 aromatic rings. The summed E-state index contributed by atoms with van der Waals surface area (Å²) in [7, 11) is 0. The molecule has 0 bridgehead atoms. The van der Waals surface area contributed by atoms with E-state index in [0.717, 1.165) is 30.8 Å². The van der Waals surface area contributed by atoms with Gasteiger partial charge in [0.15, 0.2) is 0 Å². The third kappa shape index (κ3) is 4.42. The molecule has 0 fully saturated rings. The molecule has 3 unspecified atom stereocenters. The Morgan fingerprint density at radius 1 is 0.925 bits per heavy atom. The van der Waals surface area contributed by atoms with E-state index in [1.54, 1.807) is 24.3 Å². The van der Waals surface area contributed by atoms with E-state index in [1.165, 1.54) is 27.6 Å². The van der Waals surface area contributed by atoms with Crippen LogP contribution in [0.4, 0.5) is 5.69 Å². The quantitative estimate of drug-likeness (QED) is 0.212. The molecule has 1 aromatic heterocycles. The second kappa shape index (κ2) is 9.92. The van der Waals surface area contributed by atoms with Gasteiger partial charge in [0, 0.05) is 61.0 Å². The highest BCUT2D eigenvalue weighted by Crippen LogP contribution is 2.46. The minimum atomic E-state index is -0.219. The summed E-state index contributed by atoms with van der Waals surface area (Å²) in [6.07, 6.45) is 7.56. The summed E-state index contributed by atoms with van der Waals surface area (Å²) in [6.45, 7) is 2.25. The zero-order valence-electron chi connectivity index (χ0n) is 22.1. The molecule has 1 aliphatic carbocycles. The topological polar surface area (TPSA) is 98.6 Å². The van der Waals surface area contributed by atoms with E-state index >= 15 is 0 Å². The number of carbonyl (C=O) groups is 1. The van der Waals surface area contributed by atoms with Crippen molar-refractivity contribution in [2.75, 3.05) is 11.9 Å². The van der Waals surface area contributed by atoms with E-state index in [9.17, 15) is 15.0 Å². The van der Waals surface area contributed by atoms with Crippen LogP contribution in [0.5, 0.6) is 5.75 Å². The van der Waals surface area contributed by atoms with Crippen molar-refractivity contribution in [2.24, 2.45) is 0 Å². The average Bonchev–Trinajstić information content (AvgIpc) is 3.62. The zero-order valence-corrected chi connectivity index (χ0v) is 22.1. The van der Waals surface area contributed by atoms with Crippen LogP contribution in [0.3, 0.4) is 0 Å². The van der Waals surface area contributed by atoms with Crippen molar-refractivity contribution < 1.29 is 15.0 Å². The maximum absolute atomic E-state index is 12.8. The van der Waals surface area contributed by atoms with Crippen molar-refractivity contribution in [3.8, 4) is 5.75 Å². The number of hydrogen-bond donors (Lipinski definition) is 5. The van der Waals surface area contributed by atoms with Crippen molar-refractivity contribution in [3.63, 3.8) is 0 Å². The second-order valence-electron chi connectivity index (χ2n) is 11.0. The number of nitrogens with one attached hydrogen (secondary N) is 3. The lowest BCUT2D eigenvalue weighted by molar-refractivity contribution is 0.0951. The number of benzene rings is 3. The molecule has 7 rings (SSSR count). The first-order valence-corrected chi connectivity index (χ1v) is 13.9. The van der Waals surface area contributed by atoms with E-state index in [-0.39, 0.29) is 29.7 Å². The monoisotopic (exact) mass is 532 g/mol. The number of fused-ring (bicyclic) bond motifs is 3. The number of allylic oxidation sites excluding steroid dienone is 4. The predicted molar refractivity (Wildman–Crippen MR) is 157 cm³/mol. The molecule has 3 aliphatic rings. The van der Waals surface area contributed by atoms with Gasteiger partial charge in [-0.1, -0.05) is 42.0 Å². The van der Waals surface area contributed by atoms with Crippen molar-refractivity contribution in [1.29, 1.82) is 0 Å². The third-order valence-corrected chi connectivity index (χ3v) is 8.47. The SMILES string of the molecule is O=C1NC(C2c3ccccc3NC2CNCc2ccc3ccn(CC4=CC=C(O)CC4)c3c2)c2cc(O)ccc21. The van der Waals surface area contributed by atoms with Crippen LogP contribution in [-0.4, -0.2) is 33.3 Å². The van der Waals surface area contributed by atoms with Crippen molar-refractivity contribution in [1.82, 2.24) is 15.2 Å². The fraction of sp³-hybridized carbons (Fsp3) is 0.242. The number of phenols is 1. The Morgan fingerprint density at radius 3 is 2.70 bits per heavy atom. The third-order valence-electron chi connectivity index (χ3n) is 8.47. The Hall–Kier alpha value is -4.49. The zero-order chi connectivity index (χ0) is 27.2. The highest BCUT2D eigenvalue weighted by atomic mass is 16.3. The number of amides is 1. The smallest absolute Gasteiger partial charge is 0.252 e. The molecule has 3 heterocycles. The first-order chi connectivity index (χ1) is 19.5. The molecule has 1 amide bonds. The summed E-state index contributed by atoms with van der Waals surface area (Å²) in [5, 5.41) is 31.6. The number of aliphatic hydroxyl groups excluding tert-OH is 1. The molecule has 7 nitrogen and oxygen atoms in total. The number of aromatic nitrogens is 1. The van der Waals surface area contributed by atoms with E-state index in [4.69, 9.17) is 0 Å². The Kier molecular flexibility index (Phi) is 6.09. The lowest BCUT2D eigenvalue weighted by Crippen LogP contribution is -2.38. The largest absolute Gasteiger partial charge is 0.512 e. The summed E-state index contributed by atoms with van der Waals surface area (Å²) in [5.74, 6) is 0.551. The minimum absolute atomic E-state index is 0.0210. The molecular formula is C33H32N4O3. The Bertz CT molecular complexity index is 1680. The molecule has 0 saturated carbocycles. The summed E-state index contributed by atoms with van der Waals surface area (Å²) in [6, 6.07) is 21.9. The maximum Gasteiger partial charge on any atom is 0.252 e. The van der Waals surface area contributed by atoms with Crippen molar-refractivity contribution in [2.45, 2.75) is 43.9 Å². The van der Waals surface area contributed by atoms with Crippen LogP contribution in [0, 0.1) is 0 Å². The van der Waals surface area contributed by atoms with Gasteiger partial charge in [-0.3, -0.25) is 4.79 Å². The van der Waals surface area contributed by atoms with Gasteiger partial charge in [0.05, 0.1) is 11.8 Å². The summed E-state index contributed by atoms with van der Waals surface area (Å²) >= 11 is 0. The Balaban J connectivity index is 1.09. The highest BCUT2D eigenvalue weighted by molar-refractivity contribution is 5.99. The number of aliphatic hydroxyl groups is 1. The lowest BCUT2D eigenvalue weighted by Gasteiger charge is -2.27. The van der Waals surface area contributed by atoms with Gasteiger partial charge in [-0.2, -0.15) is 0 Å². The predicted octanol–water partition coefficient (Wildman–Crippen LogP) is 5.66. The van der Waals surface area contributed by atoms with E-state index in [1.807, 2.05) is 18.2 Å². The maximum atomic E-state index is 12.8. The van der Waals surface area contributed by atoms with Gasteiger partial charge in [-0.25, -0.2) is 0 Å². The number of rotatable bonds is 7. The number of nitrogens with zero attached hydrogens (tertiary/aromatic N) is 1. The summed E-state index contributed by atoms with van der Waals surface area (Å²) < 4.78 is 2.28. The standard InChI is InChI=1S/C33H32N4O3/c38-23-9-6-20(7-10-23)19-37-14-13-22-8-5-21(15-30(22)37)17-34-18-29-31(26-3-1-2-4-28(26)35-29)32-27-16-24(39)11-12-25(27)33(40)36-32/h1-6,8-9,11-16,29,31-32,34-35,38-39H,7,10,17-19H2,(H,36,40). The average molecular weight is 533 g/mol. The Labute approximate surface area is 232 Å². The molecule has 40 heavy (non-hydrogen) atoms. The Morgan fingerprint density at radius 2 is 1.82 bits per heavy atom.